The Morgan fingerprint density at radius 2 is 1.80 bits per heavy atom. The van der Waals surface area contributed by atoms with Crippen molar-refractivity contribution < 1.29 is 19.1 Å². The second kappa shape index (κ2) is 8.86. The molecule has 0 atom stereocenters. The number of imide groups is 1. The molecule has 0 aliphatic rings. The van der Waals surface area contributed by atoms with Gasteiger partial charge in [-0.25, -0.2) is 14.5 Å². The summed E-state index contributed by atoms with van der Waals surface area (Å²) >= 11 is 0. The third-order valence-electron chi connectivity index (χ3n) is 4.51. The Balaban J connectivity index is 1.76. The third kappa shape index (κ3) is 4.53. The van der Waals surface area contributed by atoms with Crippen LogP contribution in [0, 0.1) is 0 Å². The number of amides is 2. The molecule has 0 aliphatic carbocycles. The SMILES string of the molecule is CC(C)c1cc(C(=O)OCC(=O)NC(=O)c2ccccc2)c2cnn(C(C)C)c2n1. The van der Waals surface area contributed by atoms with Crippen LogP contribution in [-0.2, 0) is 9.53 Å². The number of pyridine rings is 1. The lowest BCUT2D eigenvalue weighted by atomic mass is 10.1. The molecule has 156 valence electrons. The van der Waals surface area contributed by atoms with E-state index in [1.165, 1.54) is 0 Å². The number of hydrogen-bond donors (Lipinski definition) is 1. The smallest absolute Gasteiger partial charge is 0.339 e. The van der Waals surface area contributed by atoms with Crippen molar-refractivity contribution in [1.29, 1.82) is 0 Å². The van der Waals surface area contributed by atoms with Gasteiger partial charge in [0.1, 0.15) is 0 Å². The molecule has 0 bridgehead atoms. The van der Waals surface area contributed by atoms with E-state index in [-0.39, 0.29) is 17.5 Å². The second-order valence-corrected chi connectivity index (χ2v) is 7.49. The van der Waals surface area contributed by atoms with E-state index in [1.54, 1.807) is 47.3 Å². The molecule has 0 radical (unpaired) electrons. The first-order valence-corrected chi connectivity index (χ1v) is 9.72. The van der Waals surface area contributed by atoms with Crippen LogP contribution in [0.15, 0.2) is 42.6 Å². The van der Waals surface area contributed by atoms with Gasteiger partial charge >= 0.3 is 5.97 Å². The summed E-state index contributed by atoms with van der Waals surface area (Å²) in [5.41, 5.74) is 1.95. The van der Waals surface area contributed by atoms with Gasteiger partial charge in [0, 0.05) is 17.3 Å². The summed E-state index contributed by atoms with van der Waals surface area (Å²) in [4.78, 5) is 41.5. The molecule has 2 heterocycles. The zero-order chi connectivity index (χ0) is 21.8. The lowest BCUT2D eigenvalue weighted by molar-refractivity contribution is -0.123. The average Bonchev–Trinajstić information content (AvgIpc) is 3.16. The maximum Gasteiger partial charge on any atom is 0.339 e. The van der Waals surface area contributed by atoms with Gasteiger partial charge in [0.15, 0.2) is 12.3 Å². The van der Waals surface area contributed by atoms with Crippen LogP contribution in [0.2, 0.25) is 0 Å². The van der Waals surface area contributed by atoms with Crippen LogP contribution in [0.1, 0.15) is 66.1 Å². The normalized spacial score (nSPS) is 11.1. The number of fused-ring (bicyclic) bond motifs is 1. The van der Waals surface area contributed by atoms with Crippen molar-refractivity contribution in [2.75, 3.05) is 6.61 Å². The van der Waals surface area contributed by atoms with Gasteiger partial charge in [0.05, 0.1) is 17.1 Å². The molecule has 3 aromatic rings. The van der Waals surface area contributed by atoms with Crippen molar-refractivity contribution in [1.82, 2.24) is 20.1 Å². The highest BCUT2D eigenvalue weighted by atomic mass is 16.5. The molecule has 0 saturated carbocycles. The molecule has 8 heteroatoms. The predicted octanol–water partition coefficient (Wildman–Crippen LogP) is 3.25. The number of ether oxygens (including phenoxy) is 1. The first kappa shape index (κ1) is 21.2. The largest absolute Gasteiger partial charge is 0.452 e. The number of rotatable bonds is 6. The monoisotopic (exact) mass is 408 g/mol. The van der Waals surface area contributed by atoms with E-state index in [0.717, 1.165) is 5.69 Å². The minimum atomic E-state index is -0.704. The first-order valence-electron chi connectivity index (χ1n) is 9.72. The number of nitrogens with one attached hydrogen (secondary N) is 1. The molecule has 0 saturated heterocycles. The fourth-order valence-corrected chi connectivity index (χ4v) is 2.91. The molecule has 1 aromatic carbocycles. The van der Waals surface area contributed by atoms with Crippen LogP contribution in [0.4, 0.5) is 0 Å². The highest BCUT2D eigenvalue weighted by molar-refractivity contribution is 6.06. The molecule has 8 nitrogen and oxygen atoms in total. The molecule has 0 spiro atoms. The van der Waals surface area contributed by atoms with Gasteiger partial charge in [-0.05, 0) is 38.0 Å². The van der Waals surface area contributed by atoms with Gasteiger partial charge in [0.2, 0.25) is 0 Å². The van der Waals surface area contributed by atoms with Gasteiger partial charge in [-0.1, -0.05) is 32.0 Å². The number of carbonyl (C=O) groups excluding carboxylic acids is 3. The van der Waals surface area contributed by atoms with E-state index in [2.05, 4.69) is 15.4 Å². The number of esters is 1. The summed E-state index contributed by atoms with van der Waals surface area (Å²) in [5, 5.41) is 7.09. The zero-order valence-corrected chi connectivity index (χ0v) is 17.4. The molecule has 3 rings (SSSR count). The quantitative estimate of drug-likeness (QED) is 0.628. The molecule has 0 aliphatic heterocycles. The fraction of sp³-hybridized carbons (Fsp3) is 0.318. The molecular weight excluding hydrogens is 384 g/mol. The summed E-state index contributed by atoms with van der Waals surface area (Å²) in [6.45, 7) is 7.32. The van der Waals surface area contributed by atoms with E-state index < -0.39 is 24.4 Å². The Morgan fingerprint density at radius 3 is 2.43 bits per heavy atom. The van der Waals surface area contributed by atoms with Crippen molar-refractivity contribution in [2.24, 2.45) is 0 Å². The summed E-state index contributed by atoms with van der Waals surface area (Å²) < 4.78 is 6.91. The summed E-state index contributed by atoms with van der Waals surface area (Å²) in [6.07, 6.45) is 1.57. The van der Waals surface area contributed by atoms with E-state index in [1.807, 2.05) is 27.7 Å². The minimum absolute atomic E-state index is 0.0658. The molecule has 2 amide bonds. The van der Waals surface area contributed by atoms with Crippen LogP contribution in [0.25, 0.3) is 11.0 Å². The van der Waals surface area contributed by atoms with Crippen LogP contribution < -0.4 is 5.32 Å². The van der Waals surface area contributed by atoms with Crippen LogP contribution in [-0.4, -0.2) is 39.2 Å². The Hall–Kier alpha value is -3.55. The van der Waals surface area contributed by atoms with Gasteiger partial charge in [-0.2, -0.15) is 5.10 Å². The number of carbonyl (C=O) groups is 3. The molecular formula is C22H24N4O4. The third-order valence-corrected chi connectivity index (χ3v) is 4.51. The van der Waals surface area contributed by atoms with E-state index >= 15 is 0 Å². The highest BCUT2D eigenvalue weighted by Gasteiger charge is 2.21. The maximum absolute atomic E-state index is 12.7. The Bertz CT molecular complexity index is 1090. The predicted molar refractivity (Wildman–Crippen MR) is 111 cm³/mol. The number of aromatic nitrogens is 3. The zero-order valence-electron chi connectivity index (χ0n) is 17.4. The van der Waals surface area contributed by atoms with Crippen LogP contribution >= 0.6 is 0 Å². The van der Waals surface area contributed by atoms with Gasteiger partial charge in [0.25, 0.3) is 11.8 Å². The van der Waals surface area contributed by atoms with Crippen molar-refractivity contribution >= 4 is 28.8 Å². The van der Waals surface area contributed by atoms with Crippen LogP contribution in [0.5, 0.6) is 0 Å². The fourth-order valence-electron chi connectivity index (χ4n) is 2.91. The van der Waals surface area contributed by atoms with Crippen molar-refractivity contribution in [3.8, 4) is 0 Å². The lowest BCUT2D eigenvalue weighted by Gasteiger charge is -2.12. The maximum atomic E-state index is 12.7. The Kier molecular flexibility index (Phi) is 6.25. The van der Waals surface area contributed by atoms with E-state index in [4.69, 9.17) is 4.74 Å². The summed E-state index contributed by atoms with van der Waals surface area (Å²) in [6, 6.07) is 10.0. The molecule has 2 aromatic heterocycles. The number of benzene rings is 1. The van der Waals surface area contributed by atoms with Gasteiger partial charge in [-0.15, -0.1) is 0 Å². The van der Waals surface area contributed by atoms with Crippen molar-refractivity contribution in [2.45, 2.75) is 39.7 Å². The second-order valence-electron chi connectivity index (χ2n) is 7.49. The minimum Gasteiger partial charge on any atom is -0.452 e. The van der Waals surface area contributed by atoms with E-state index in [0.29, 0.717) is 16.6 Å². The van der Waals surface area contributed by atoms with Crippen LogP contribution in [0.3, 0.4) is 0 Å². The lowest BCUT2D eigenvalue weighted by Crippen LogP contribution is -2.34. The molecule has 30 heavy (non-hydrogen) atoms. The summed E-state index contributed by atoms with van der Waals surface area (Å²) in [5.74, 6) is -1.84. The number of nitrogens with zero attached hydrogens (tertiary/aromatic N) is 3. The molecule has 0 fully saturated rings. The van der Waals surface area contributed by atoms with E-state index in [9.17, 15) is 14.4 Å². The van der Waals surface area contributed by atoms with Gasteiger partial charge in [-0.3, -0.25) is 14.9 Å². The highest BCUT2D eigenvalue weighted by Crippen LogP contribution is 2.24. The Labute approximate surface area is 174 Å². The standard InChI is InChI=1S/C22H24N4O4/c1-13(2)18-10-16(17-11-23-26(14(3)4)20(17)24-18)22(29)30-12-19(27)25-21(28)15-8-6-5-7-9-15/h5-11,13-14H,12H2,1-4H3,(H,25,27,28). The molecule has 0 unspecified atom stereocenters. The Morgan fingerprint density at radius 1 is 1.10 bits per heavy atom. The van der Waals surface area contributed by atoms with Crippen molar-refractivity contribution in [3.63, 3.8) is 0 Å². The number of hydrogen-bond acceptors (Lipinski definition) is 6. The molecule has 1 N–H and O–H groups in total. The average molecular weight is 408 g/mol. The summed E-state index contributed by atoms with van der Waals surface area (Å²) in [7, 11) is 0. The van der Waals surface area contributed by atoms with Crippen molar-refractivity contribution in [3.05, 3.63) is 59.4 Å². The topological polar surface area (TPSA) is 103 Å². The van der Waals surface area contributed by atoms with Gasteiger partial charge < -0.3 is 4.74 Å². The first-order chi connectivity index (χ1) is 14.3.